The summed E-state index contributed by atoms with van der Waals surface area (Å²) in [4.78, 5) is 6.66. The van der Waals surface area contributed by atoms with E-state index in [1.165, 1.54) is 16.8 Å². The van der Waals surface area contributed by atoms with Gasteiger partial charge < -0.3 is 10.6 Å². The summed E-state index contributed by atoms with van der Waals surface area (Å²) in [5, 5.41) is 2.26. The Hall–Kier alpha value is -1.42. The molecule has 0 spiro atoms. The first-order valence-corrected chi connectivity index (χ1v) is 7.56. The standard InChI is InChI=1S/C15H19N3S/c1-15(2)10-18(7-8-19-15)14-4-3-13(16)12-9-17-6-5-11(12)14/h3-6,9H,7-8,10,16H2,1-2H3. The van der Waals surface area contributed by atoms with Crippen molar-refractivity contribution in [3.05, 3.63) is 30.6 Å². The zero-order valence-corrected chi connectivity index (χ0v) is 12.2. The Kier molecular flexibility index (Phi) is 3.05. The fourth-order valence-corrected chi connectivity index (χ4v) is 3.81. The van der Waals surface area contributed by atoms with E-state index < -0.39 is 0 Å². The predicted molar refractivity (Wildman–Crippen MR) is 84.9 cm³/mol. The molecule has 3 rings (SSSR count). The third kappa shape index (κ3) is 2.37. The monoisotopic (exact) mass is 273 g/mol. The van der Waals surface area contributed by atoms with Crippen LogP contribution in [0.2, 0.25) is 0 Å². The first-order valence-electron chi connectivity index (χ1n) is 6.58. The second-order valence-electron chi connectivity index (χ2n) is 5.62. The number of rotatable bonds is 1. The molecule has 1 aliphatic heterocycles. The van der Waals surface area contributed by atoms with Gasteiger partial charge in [-0.25, -0.2) is 0 Å². The van der Waals surface area contributed by atoms with Crippen LogP contribution in [0.15, 0.2) is 30.6 Å². The van der Waals surface area contributed by atoms with E-state index in [1.807, 2.05) is 30.2 Å². The fraction of sp³-hybridized carbons (Fsp3) is 0.400. The Morgan fingerprint density at radius 1 is 1.26 bits per heavy atom. The summed E-state index contributed by atoms with van der Waals surface area (Å²) in [5.74, 6) is 1.17. The summed E-state index contributed by atoms with van der Waals surface area (Å²) in [7, 11) is 0. The van der Waals surface area contributed by atoms with Crippen LogP contribution in [0.4, 0.5) is 11.4 Å². The number of hydrogen-bond donors (Lipinski definition) is 1. The number of nitrogens with zero attached hydrogens (tertiary/aromatic N) is 2. The maximum absolute atomic E-state index is 6.05. The summed E-state index contributed by atoms with van der Waals surface area (Å²) < 4.78 is 0.305. The fourth-order valence-electron chi connectivity index (χ4n) is 2.69. The quantitative estimate of drug-likeness (QED) is 0.811. The van der Waals surface area contributed by atoms with Crippen LogP contribution in [0.1, 0.15) is 13.8 Å². The van der Waals surface area contributed by atoms with Crippen LogP contribution in [-0.4, -0.2) is 28.6 Å². The lowest BCUT2D eigenvalue weighted by atomic mass is 10.1. The number of nitrogen functional groups attached to an aromatic ring is 1. The summed E-state index contributed by atoms with van der Waals surface area (Å²) in [6.45, 7) is 6.78. The molecule has 0 radical (unpaired) electrons. The molecular weight excluding hydrogens is 254 g/mol. The van der Waals surface area contributed by atoms with Crippen molar-refractivity contribution < 1.29 is 0 Å². The largest absolute Gasteiger partial charge is 0.398 e. The van der Waals surface area contributed by atoms with Gasteiger partial charge in [0, 0.05) is 58.1 Å². The van der Waals surface area contributed by atoms with Crippen molar-refractivity contribution in [1.82, 2.24) is 4.98 Å². The first-order chi connectivity index (χ1) is 9.07. The number of fused-ring (bicyclic) bond motifs is 1. The lowest BCUT2D eigenvalue weighted by Gasteiger charge is -2.39. The van der Waals surface area contributed by atoms with Gasteiger partial charge in [0.1, 0.15) is 0 Å². The molecule has 0 atom stereocenters. The zero-order chi connectivity index (χ0) is 13.5. The average Bonchev–Trinajstić information content (AvgIpc) is 2.38. The molecule has 0 unspecified atom stereocenters. The smallest absolute Gasteiger partial charge is 0.0449 e. The molecule has 0 aliphatic carbocycles. The molecule has 2 heterocycles. The van der Waals surface area contributed by atoms with Crippen molar-refractivity contribution in [1.29, 1.82) is 0 Å². The third-order valence-electron chi connectivity index (χ3n) is 3.60. The van der Waals surface area contributed by atoms with Crippen molar-refractivity contribution in [2.45, 2.75) is 18.6 Å². The van der Waals surface area contributed by atoms with Crippen molar-refractivity contribution in [2.24, 2.45) is 0 Å². The molecule has 100 valence electrons. The van der Waals surface area contributed by atoms with Gasteiger partial charge in [-0.15, -0.1) is 0 Å². The van der Waals surface area contributed by atoms with Gasteiger partial charge in [0.2, 0.25) is 0 Å². The average molecular weight is 273 g/mol. The van der Waals surface area contributed by atoms with E-state index in [0.29, 0.717) is 4.75 Å². The van der Waals surface area contributed by atoms with Crippen LogP contribution in [0.3, 0.4) is 0 Å². The van der Waals surface area contributed by atoms with Crippen LogP contribution in [0.25, 0.3) is 10.8 Å². The molecule has 1 saturated heterocycles. The highest BCUT2D eigenvalue weighted by Gasteiger charge is 2.27. The second kappa shape index (κ2) is 4.60. The molecule has 2 N–H and O–H groups in total. The zero-order valence-electron chi connectivity index (χ0n) is 11.4. The highest BCUT2D eigenvalue weighted by Crippen LogP contribution is 2.36. The van der Waals surface area contributed by atoms with Crippen LogP contribution in [-0.2, 0) is 0 Å². The van der Waals surface area contributed by atoms with Gasteiger partial charge >= 0.3 is 0 Å². The maximum Gasteiger partial charge on any atom is 0.0449 e. The Morgan fingerprint density at radius 2 is 2.11 bits per heavy atom. The molecular formula is C15H19N3S. The SMILES string of the molecule is CC1(C)CN(c2ccc(N)c3cnccc23)CCS1. The van der Waals surface area contributed by atoms with E-state index >= 15 is 0 Å². The van der Waals surface area contributed by atoms with Gasteiger partial charge in [0.15, 0.2) is 0 Å². The van der Waals surface area contributed by atoms with Crippen LogP contribution in [0, 0.1) is 0 Å². The summed E-state index contributed by atoms with van der Waals surface area (Å²) in [6, 6.07) is 6.20. The Morgan fingerprint density at radius 3 is 2.89 bits per heavy atom. The van der Waals surface area contributed by atoms with E-state index in [9.17, 15) is 0 Å². The van der Waals surface area contributed by atoms with E-state index in [2.05, 4.69) is 35.9 Å². The summed E-state index contributed by atoms with van der Waals surface area (Å²) in [6.07, 6.45) is 3.70. The van der Waals surface area contributed by atoms with Crippen LogP contribution >= 0.6 is 11.8 Å². The molecule has 1 aliphatic rings. The van der Waals surface area contributed by atoms with E-state index in [4.69, 9.17) is 5.73 Å². The molecule has 19 heavy (non-hydrogen) atoms. The van der Waals surface area contributed by atoms with Gasteiger partial charge in [-0.3, -0.25) is 4.98 Å². The minimum Gasteiger partial charge on any atom is -0.398 e. The maximum atomic E-state index is 6.05. The normalized spacial score (nSPS) is 18.7. The Balaban J connectivity index is 2.08. The lowest BCUT2D eigenvalue weighted by Crippen LogP contribution is -2.43. The summed E-state index contributed by atoms with van der Waals surface area (Å²) >= 11 is 2.05. The van der Waals surface area contributed by atoms with Gasteiger partial charge in [-0.1, -0.05) is 0 Å². The van der Waals surface area contributed by atoms with Crippen molar-refractivity contribution >= 4 is 33.9 Å². The topological polar surface area (TPSA) is 42.1 Å². The number of aromatic nitrogens is 1. The first kappa shape index (κ1) is 12.6. The van der Waals surface area contributed by atoms with E-state index in [-0.39, 0.29) is 0 Å². The molecule has 1 aromatic carbocycles. The van der Waals surface area contributed by atoms with Crippen molar-refractivity contribution in [2.75, 3.05) is 29.5 Å². The minimum absolute atomic E-state index is 0.305. The van der Waals surface area contributed by atoms with Crippen LogP contribution < -0.4 is 10.6 Å². The number of hydrogen-bond acceptors (Lipinski definition) is 4. The second-order valence-corrected chi connectivity index (χ2v) is 7.43. The summed E-state index contributed by atoms with van der Waals surface area (Å²) in [5.41, 5.74) is 8.13. The van der Waals surface area contributed by atoms with E-state index in [0.717, 1.165) is 24.2 Å². The minimum atomic E-state index is 0.305. The molecule has 3 nitrogen and oxygen atoms in total. The number of benzene rings is 1. The number of thioether (sulfide) groups is 1. The van der Waals surface area contributed by atoms with Gasteiger partial charge in [0.25, 0.3) is 0 Å². The molecule has 0 saturated carbocycles. The van der Waals surface area contributed by atoms with Crippen molar-refractivity contribution in [3.8, 4) is 0 Å². The Labute approximate surface area is 118 Å². The lowest BCUT2D eigenvalue weighted by molar-refractivity contribution is 0.649. The molecule has 1 aromatic heterocycles. The third-order valence-corrected chi connectivity index (χ3v) is 4.89. The molecule has 0 bridgehead atoms. The molecule has 2 aromatic rings. The number of nitrogens with two attached hydrogens (primary N) is 1. The highest BCUT2D eigenvalue weighted by atomic mass is 32.2. The van der Waals surface area contributed by atoms with Gasteiger partial charge in [0.05, 0.1) is 0 Å². The van der Waals surface area contributed by atoms with E-state index in [1.54, 1.807) is 0 Å². The van der Waals surface area contributed by atoms with Gasteiger partial charge in [-0.2, -0.15) is 11.8 Å². The van der Waals surface area contributed by atoms with Crippen molar-refractivity contribution in [3.63, 3.8) is 0 Å². The number of pyridine rings is 1. The van der Waals surface area contributed by atoms with Crippen LogP contribution in [0.5, 0.6) is 0 Å². The Bertz CT molecular complexity index is 609. The van der Waals surface area contributed by atoms with Gasteiger partial charge in [-0.05, 0) is 32.0 Å². The molecule has 1 fully saturated rings. The number of anilines is 2. The highest BCUT2D eigenvalue weighted by molar-refractivity contribution is 8.00. The predicted octanol–water partition coefficient (Wildman–Crippen LogP) is 3.15. The molecule has 0 amide bonds. The molecule has 4 heteroatoms.